The van der Waals surface area contributed by atoms with Gasteiger partial charge < -0.3 is 14.5 Å². The van der Waals surface area contributed by atoms with Crippen molar-refractivity contribution in [3.63, 3.8) is 0 Å². The van der Waals surface area contributed by atoms with Crippen LogP contribution in [0.2, 0.25) is 0 Å². The Morgan fingerprint density at radius 2 is 1.79 bits per heavy atom. The first-order valence-electron chi connectivity index (χ1n) is 9.77. The molecule has 0 spiro atoms. The Labute approximate surface area is 145 Å². The summed E-state index contributed by atoms with van der Waals surface area (Å²) >= 11 is 0. The second-order valence-electron chi connectivity index (χ2n) is 8.13. The van der Waals surface area contributed by atoms with E-state index in [0.29, 0.717) is 6.04 Å². The molecule has 1 N–H and O–H groups in total. The monoisotopic (exact) mass is 333 g/mol. The van der Waals surface area contributed by atoms with Gasteiger partial charge in [-0.2, -0.15) is 0 Å². The van der Waals surface area contributed by atoms with Crippen molar-refractivity contribution in [3.05, 3.63) is 17.5 Å². The van der Waals surface area contributed by atoms with Gasteiger partial charge in [0.25, 0.3) is 0 Å². The summed E-state index contributed by atoms with van der Waals surface area (Å²) in [4.78, 5) is 5.26. The molecule has 3 aliphatic rings. The number of likely N-dealkylation sites (tertiary alicyclic amines) is 2. The Bertz CT molecular complexity index is 532. The summed E-state index contributed by atoms with van der Waals surface area (Å²) in [5.74, 6) is 1.19. The Balaban J connectivity index is 1.28. The van der Waals surface area contributed by atoms with Gasteiger partial charge in [0.1, 0.15) is 5.76 Å². The fraction of sp³-hybridized carbons (Fsp3) is 0.842. The van der Waals surface area contributed by atoms with Crippen LogP contribution in [0.4, 0.5) is 0 Å². The van der Waals surface area contributed by atoms with Gasteiger partial charge in [-0.1, -0.05) is 18.0 Å². The SMILES string of the molecule is Cc1cc(C[C@@H]2CN(C3CCN(C4CCCC4)CC3)C[C@@H]2O)on1. The van der Waals surface area contributed by atoms with Crippen LogP contribution >= 0.6 is 0 Å². The molecule has 0 amide bonds. The van der Waals surface area contributed by atoms with Crippen LogP contribution in [0.15, 0.2) is 10.6 Å². The summed E-state index contributed by atoms with van der Waals surface area (Å²) in [7, 11) is 0. The summed E-state index contributed by atoms with van der Waals surface area (Å²) in [6.45, 7) is 6.26. The first kappa shape index (κ1) is 16.6. The van der Waals surface area contributed by atoms with Crippen molar-refractivity contribution < 1.29 is 9.63 Å². The standard InChI is InChI=1S/C19H31N3O2/c1-14-10-18(24-20-14)11-15-12-22(13-19(15)23)17-6-8-21(9-7-17)16-4-2-3-5-16/h10,15-17,19,23H,2-9,11-13H2,1H3/t15-,19+/m1/s1. The van der Waals surface area contributed by atoms with Crippen molar-refractivity contribution in [2.45, 2.75) is 70.1 Å². The highest BCUT2D eigenvalue weighted by molar-refractivity contribution is 5.05. The molecular weight excluding hydrogens is 302 g/mol. The molecule has 0 bridgehead atoms. The van der Waals surface area contributed by atoms with Gasteiger partial charge in [-0.15, -0.1) is 0 Å². The van der Waals surface area contributed by atoms with Crippen molar-refractivity contribution >= 4 is 0 Å². The van der Waals surface area contributed by atoms with Crippen molar-refractivity contribution in [1.82, 2.24) is 15.0 Å². The minimum absolute atomic E-state index is 0.233. The van der Waals surface area contributed by atoms with Gasteiger partial charge in [0, 0.05) is 43.6 Å². The number of rotatable bonds is 4. The topological polar surface area (TPSA) is 52.7 Å². The molecule has 4 rings (SSSR count). The lowest BCUT2D eigenvalue weighted by molar-refractivity contribution is 0.0871. The van der Waals surface area contributed by atoms with E-state index in [2.05, 4.69) is 15.0 Å². The number of hydrogen-bond acceptors (Lipinski definition) is 5. The van der Waals surface area contributed by atoms with E-state index >= 15 is 0 Å². The summed E-state index contributed by atoms with van der Waals surface area (Å²) in [5, 5.41) is 14.4. The largest absolute Gasteiger partial charge is 0.391 e. The summed E-state index contributed by atoms with van der Waals surface area (Å²) in [6, 6.07) is 3.51. The number of hydrogen-bond donors (Lipinski definition) is 1. The van der Waals surface area contributed by atoms with E-state index in [0.717, 1.165) is 37.0 Å². The van der Waals surface area contributed by atoms with Crippen LogP contribution in [0.3, 0.4) is 0 Å². The lowest BCUT2D eigenvalue weighted by Crippen LogP contribution is -2.47. The third-order valence-electron chi connectivity index (χ3n) is 6.43. The van der Waals surface area contributed by atoms with Gasteiger partial charge in [0.05, 0.1) is 11.8 Å². The molecule has 0 aromatic carbocycles. The molecule has 1 aliphatic carbocycles. The Morgan fingerprint density at radius 1 is 1.08 bits per heavy atom. The van der Waals surface area contributed by atoms with Gasteiger partial charge in [-0.05, 0) is 45.7 Å². The van der Waals surface area contributed by atoms with Crippen LogP contribution in [-0.2, 0) is 6.42 Å². The predicted molar refractivity (Wildman–Crippen MR) is 92.9 cm³/mol. The number of aromatic nitrogens is 1. The lowest BCUT2D eigenvalue weighted by atomic mass is 10.00. The highest BCUT2D eigenvalue weighted by Gasteiger charge is 2.37. The normalized spacial score (nSPS) is 31.2. The number of nitrogens with zero attached hydrogens (tertiary/aromatic N) is 3. The van der Waals surface area contributed by atoms with E-state index < -0.39 is 0 Å². The second kappa shape index (κ2) is 7.14. The third-order valence-corrected chi connectivity index (χ3v) is 6.43. The van der Waals surface area contributed by atoms with E-state index in [4.69, 9.17) is 4.52 Å². The summed E-state index contributed by atoms with van der Waals surface area (Å²) in [6.07, 6.45) is 8.76. The number of β-amino-alcohol motifs (C(OH)–C–C–N with tert-alkyl or cyclic N) is 1. The Kier molecular flexibility index (Phi) is 4.93. The second-order valence-corrected chi connectivity index (χ2v) is 8.13. The van der Waals surface area contributed by atoms with Gasteiger partial charge in [-0.25, -0.2) is 0 Å². The molecule has 2 aliphatic heterocycles. The number of aliphatic hydroxyl groups excluding tert-OH is 1. The van der Waals surface area contributed by atoms with Crippen LogP contribution in [0.1, 0.15) is 50.0 Å². The highest BCUT2D eigenvalue weighted by atomic mass is 16.5. The van der Waals surface area contributed by atoms with Crippen LogP contribution in [0.5, 0.6) is 0 Å². The minimum Gasteiger partial charge on any atom is -0.391 e. The van der Waals surface area contributed by atoms with Crippen molar-refractivity contribution in [2.24, 2.45) is 5.92 Å². The zero-order chi connectivity index (χ0) is 16.5. The number of aliphatic hydroxyl groups is 1. The molecule has 1 aromatic heterocycles. The van der Waals surface area contributed by atoms with Crippen molar-refractivity contribution in [1.29, 1.82) is 0 Å². The quantitative estimate of drug-likeness (QED) is 0.916. The summed E-state index contributed by atoms with van der Waals surface area (Å²) < 4.78 is 5.34. The van der Waals surface area contributed by atoms with Crippen LogP contribution in [-0.4, -0.2) is 64.4 Å². The number of piperidine rings is 1. The molecule has 2 saturated heterocycles. The van der Waals surface area contributed by atoms with E-state index in [-0.39, 0.29) is 12.0 Å². The van der Waals surface area contributed by atoms with E-state index in [1.54, 1.807) is 0 Å². The smallest absolute Gasteiger partial charge is 0.137 e. The fourth-order valence-electron chi connectivity index (χ4n) is 5.04. The van der Waals surface area contributed by atoms with Crippen LogP contribution in [0, 0.1) is 12.8 Å². The maximum Gasteiger partial charge on any atom is 0.137 e. The first-order chi connectivity index (χ1) is 11.7. The van der Waals surface area contributed by atoms with E-state index in [1.807, 2.05) is 13.0 Å². The Hall–Kier alpha value is -0.910. The third kappa shape index (κ3) is 3.53. The zero-order valence-electron chi connectivity index (χ0n) is 14.9. The van der Waals surface area contributed by atoms with Gasteiger partial charge in [0.15, 0.2) is 0 Å². The minimum atomic E-state index is -0.233. The van der Waals surface area contributed by atoms with Crippen molar-refractivity contribution in [3.8, 4) is 0 Å². The van der Waals surface area contributed by atoms with E-state index in [9.17, 15) is 5.11 Å². The highest BCUT2D eigenvalue weighted by Crippen LogP contribution is 2.30. The number of aryl methyl sites for hydroxylation is 1. The Morgan fingerprint density at radius 3 is 2.46 bits per heavy atom. The zero-order valence-corrected chi connectivity index (χ0v) is 14.9. The first-order valence-corrected chi connectivity index (χ1v) is 9.77. The van der Waals surface area contributed by atoms with Crippen LogP contribution in [0.25, 0.3) is 0 Å². The molecule has 0 radical (unpaired) electrons. The van der Waals surface area contributed by atoms with Gasteiger partial charge in [0.2, 0.25) is 0 Å². The van der Waals surface area contributed by atoms with Crippen LogP contribution < -0.4 is 0 Å². The van der Waals surface area contributed by atoms with Gasteiger partial charge in [-0.3, -0.25) is 4.90 Å². The summed E-state index contributed by atoms with van der Waals surface area (Å²) in [5.41, 5.74) is 0.925. The molecule has 24 heavy (non-hydrogen) atoms. The van der Waals surface area contributed by atoms with Gasteiger partial charge >= 0.3 is 0 Å². The lowest BCUT2D eigenvalue weighted by Gasteiger charge is -2.39. The molecule has 1 aromatic rings. The maximum absolute atomic E-state index is 10.5. The molecule has 3 fully saturated rings. The predicted octanol–water partition coefficient (Wildman–Crippen LogP) is 2.23. The molecule has 5 heteroatoms. The fourth-order valence-corrected chi connectivity index (χ4v) is 5.04. The van der Waals surface area contributed by atoms with Crippen molar-refractivity contribution in [2.75, 3.05) is 26.2 Å². The maximum atomic E-state index is 10.5. The molecule has 1 saturated carbocycles. The molecule has 0 unspecified atom stereocenters. The average Bonchev–Trinajstić information content (AvgIpc) is 3.31. The molecular formula is C19H31N3O2. The molecule has 2 atom stereocenters. The van der Waals surface area contributed by atoms with E-state index in [1.165, 1.54) is 51.6 Å². The molecule has 3 heterocycles. The molecule has 5 nitrogen and oxygen atoms in total. The average molecular weight is 333 g/mol. The molecule has 134 valence electrons.